The lowest BCUT2D eigenvalue weighted by Gasteiger charge is -2.11. The Morgan fingerprint density at radius 3 is 2.45 bits per heavy atom. The Morgan fingerprint density at radius 2 is 1.84 bits per heavy atom. The molecular weight excluding hydrogens is 451 g/mol. The van der Waals surface area contributed by atoms with E-state index in [1.165, 1.54) is 31.4 Å². The maximum Gasteiger partial charge on any atom is 0.339 e. The number of thioether (sulfide) groups is 1. The molecule has 0 saturated carbocycles. The fraction of sp³-hybridized carbons (Fsp3) is 0.105. The minimum Gasteiger partial charge on any atom is -0.493 e. The Morgan fingerprint density at radius 1 is 1.16 bits per heavy atom. The molecule has 0 aliphatic carbocycles. The van der Waals surface area contributed by atoms with Gasteiger partial charge in [-0.3, -0.25) is 19.3 Å². The second-order valence-electron chi connectivity index (χ2n) is 6.14. The van der Waals surface area contributed by atoms with Crippen LogP contribution in [0.5, 0.6) is 11.5 Å². The van der Waals surface area contributed by atoms with Gasteiger partial charge in [-0.05, 0) is 59.8 Å². The number of amides is 3. The zero-order valence-electron chi connectivity index (χ0n) is 15.9. The molecule has 0 spiro atoms. The molecule has 1 aliphatic heterocycles. The van der Waals surface area contributed by atoms with E-state index in [0.29, 0.717) is 17.3 Å². The lowest BCUT2D eigenvalue weighted by Crippen LogP contribution is -2.36. The van der Waals surface area contributed by atoms with Gasteiger partial charge < -0.3 is 14.7 Å². The van der Waals surface area contributed by atoms with E-state index in [9.17, 15) is 27.2 Å². The van der Waals surface area contributed by atoms with Crippen LogP contribution in [0.4, 0.5) is 9.18 Å². The van der Waals surface area contributed by atoms with E-state index in [0.717, 1.165) is 29.2 Å². The topological polar surface area (TPSA) is 133 Å². The van der Waals surface area contributed by atoms with Crippen LogP contribution in [0.1, 0.15) is 5.56 Å². The first-order valence-electron chi connectivity index (χ1n) is 8.52. The largest absolute Gasteiger partial charge is 0.493 e. The van der Waals surface area contributed by atoms with E-state index in [-0.39, 0.29) is 21.3 Å². The van der Waals surface area contributed by atoms with Crippen molar-refractivity contribution < 1.29 is 36.1 Å². The first kappa shape index (κ1) is 22.3. The fourth-order valence-electron chi connectivity index (χ4n) is 2.55. The van der Waals surface area contributed by atoms with Crippen molar-refractivity contribution in [2.45, 2.75) is 4.90 Å². The van der Waals surface area contributed by atoms with E-state index < -0.39 is 39.5 Å². The second-order valence-corrected chi connectivity index (χ2v) is 8.68. The molecule has 162 valence electrons. The Kier molecular flexibility index (Phi) is 6.32. The first-order valence-corrected chi connectivity index (χ1v) is 10.7. The van der Waals surface area contributed by atoms with Crippen LogP contribution in [0.15, 0.2) is 52.3 Å². The van der Waals surface area contributed by atoms with E-state index in [4.69, 9.17) is 14.7 Å². The highest BCUT2D eigenvalue weighted by molar-refractivity contribution is 8.18. The van der Waals surface area contributed by atoms with Crippen molar-refractivity contribution in [2.24, 2.45) is 5.73 Å². The Balaban J connectivity index is 1.86. The normalized spacial score (nSPS) is 15.4. The molecule has 1 saturated heterocycles. The molecule has 2 N–H and O–H groups in total. The van der Waals surface area contributed by atoms with Crippen LogP contribution in [-0.4, -0.2) is 44.0 Å². The van der Waals surface area contributed by atoms with Crippen LogP contribution in [-0.2, 0) is 19.7 Å². The van der Waals surface area contributed by atoms with Crippen LogP contribution in [0.2, 0.25) is 0 Å². The Bertz CT molecular complexity index is 1190. The highest BCUT2D eigenvalue weighted by Gasteiger charge is 2.35. The number of ether oxygens (including phenoxy) is 1. The number of nitrogens with zero attached hydrogens (tertiary/aromatic N) is 1. The summed E-state index contributed by atoms with van der Waals surface area (Å²) < 4.78 is 48.1. The highest BCUT2D eigenvalue weighted by atomic mass is 32.2. The van der Waals surface area contributed by atoms with Crippen molar-refractivity contribution in [3.05, 3.63) is 58.8 Å². The summed E-state index contributed by atoms with van der Waals surface area (Å²) in [7, 11) is -2.96. The van der Waals surface area contributed by atoms with E-state index in [2.05, 4.69) is 0 Å². The predicted octanol–water partition coefficient (Wildman–Crippen LogP) is 2.12. The van der Waals surface area contributed by atoms with Gasteiger partial charge in [-0.2, -0.15) is 8.42 Å². The summed E-state index contributed by atoms with van der Waals surface area (Å²) in [5.74, 6) is -2.19. The maximum absolute atomic E-state index is 13.0. The molecule has 0 aromatic heterocycles. The van der Waals surface area contributed by atoms with Gasteiger partial charge in [0.1, 0.15) is 17.3 Å². The quantitative estimate of drug-likeness (QED) is 0.485. The lowest BCUT2D eigenvalue weighted by molar-refractivity contribution is -0.127. The average molecular weight is 466 g/mol. The molecule has 0 radical (unpaired) electrons. The summed E-state index contributed by atoms with van der Waals surface area (Å²) >= 11 is 0.637. The number of primary amides is 1. The van der Waals surface area contributed by atoms with Gasteiger partial charge in [0.05, 0.1) is 12.0 Å². The summed E-state index contributed by atoms with van der Waals surface area (Å²) in [6, 6.07) is 8.25. The molecule has 31 heavy (non-hydrogen) atoms. The average Bonchev–Trinajstić information content (AvgIpc) is 2.96. The smallest absolute Gasteiger partial charge is 0.339 e. The minimum absolute atomic E-state index is 0.0378. The van der Waals surface area contributed by atoms with Gasteiger partial charge in [-0.1, -0.05) is 6.07 Å². The molecule has 2 aromatic rings. The number of hydrogen-bond donors (Lipinski definition) is 1. The van der Waals surface area contributed by atoms with Gasteiger partial charge in [-0.25, -0.2) is 4.39 Å². The minimum atomic E-state index is -4.25. The SMILES string of the molecule is COc1cc(/C=C2\SC(=O)N(CC(N)=O)C2=O)ccc1OS(=O)(=O)c1ccc(F)cc1. The lowest BCUT2D eigenvalue weighted by atomic mass is 10.2. The zero-order valence-corrected chi connectivity index (χ0v) is 17.5. The van der Waals surface area contributed by atoms with Crippen LogP contribution < -0.4 is 14.7 Å². The molecule has 3 amide bonds. The third kappa shape index (κ3) is 5.03. The summed E-state index contributed by atoms with van der Waals surface area (Å²) in [4.78, 5) is 35.7. The highest BCUT2D eigenvalue weighted by Crippen LogP contribution is 2.35. The summed E-state index contributed by atoms with van der Waals surface area (Å²) in [5, 5.41) is -0.632. The van der Waals surface area contributed by atoms with Crippen molar-refractivity contribution in [3.8, 4) is 11.5 Å². The third-order valence-corrected chi connectivity index (χ3v) is 6.13. The fourth-order valence-corrected chi connectivity index (χ4v) is 4.33. The number of hydrogen-bond acceptors (Lipinski definition) is 8. The Labute approximate surface area is 180 Å². The first-order chi connectivity index (χ1) is 14.6. The molecule has 0 atom stereocenters. The molecule has 2 aromatic carbocycles. The summed E-state index contributed by atoms with van der Waals surface area (Å²) in [5.41, 5.74) is 5.45. The third-order valence-electron chi connectivity index (χ3n) is 3.97. The Hall–Kier alpha value is -3.38. The van der Waals surface area contributed by atoms with Crippen LogP contribution in [0.25, 0.3) is 6.08 Å². The maximum atomic E-state index is 13.0. The van der Waals surface area contributed by atoms with Crippen molar-refractivity contribution in [1.29, 1.82) is 0 Å². The van der Waals surface area contributed by atoms with Gasteiger partial charge in [0.15, 0.2) is 11.5 Å². The van der Waals surface area contributed by atoms with E-state index in [1.807, 2.05) is 0 Å². The second kappa shape index (κ2) is 8.78. The predicted molar refractivity (Wildman–Crippen MR) is 109 cm³/mol. The monoisotopic (exact) mass is 466 g/mol. The van der Waals surface area contributed by atoms with Crippen LogP contribution >= 0.6 is 11.8 Å². The van der Waals surface area contributed by atoms with E-state index in [1.54, 1.807) is 0 Å². The number of benzene rings is 2. The van der Waals surface area contributed by atoms with E-state index >= 15 is 0 Å². The molecule has 0 unspecified atom stereocenters. The standard InChI is InChI=1S/C19H15FN2O7S2/c1-28-15-8-11(9-16-18(24)22(10-17(21)23)19(25)30-16)2-7-14(15)29-31(26,27)13-5-3-12(20)4-6-13/h2-9H,10H2,1H3,(H2,21,23)/b16-9-. The molecule has 3 rings (SSSR count). The number of methoxy groups -OCH3 is 1. The summed E-state index contributed by atoms with van der Waals surface area (Å²) in [6.07, 6.45) is 1.38. The molecular formula is C19H15FN2O7S2. The number of rotatable bonds is 7. The van der Waals surface area contributed by atoms with Crippen molar-refractivity contribution in [1.82, 2.24) is 4.90 Å². The molecule has 1 heterocycles. The van der Waals surface area contributed by atoms with Gasteiger partial charge in [0.25, 0.3) is 11.1 Å². The number of carbonyl (C=O) groups is 3. The van der Waals surface area contributed by atoms with Gasteiger partial charge >= 0.3 is 10.1 Å². The van der Waals surface area contributed by atoms with Gasteiger partial charge in [0.2, 0.25) is 5.91 Å². The van der Waals surface area contributed by atoms with Crippen molar-refractivity contribution >= 4 is 45.0 Å². The molecule has 12 heteroatoms. The number of imide groups is 1. The number of carbonyl (C=O) groups excluding carboxylic acids is 3. The van der Waals surface area contributed by atoms with Crippen LogP contribution in [0.3, 0.4) is 0 Å². The molecule has 9 nitrogen and oxygen atoms in total. The zero-order chi connectivity index (χ0) is 22.8. The molecule has 0 bridgehead atoms. The van der Waals surface area contributed by atoms with Crippen molar-refractivity contribution in [3.63, 3.8) is 0 Å². The molecule has 1 fully saturated rings. The number of nitrogens with two attached hydrogens (primary N) is 1. The van der Waals surface area contributed by atoms with Crippen molar-refractivity contribution in [2.75, 3.05) is 13.7 Å². The van der Waals surface area contributed by atoms with Gasteiger partial charge in [-0.15, -0.1) is 0 Å². The van der Waals surface area contributed by atoms with Crippen LogP contribution in [0, 0.1) is 5.82 Å². The molecule has 1 aliphatic rings. The summed E-state index contributed by atoms with van der Waals surface area (Å²) in [6.45, 7) is -0.528. The number of halogens is 1. The van der Waals surface area contributed by atoms with Gasteiger partial charge in [0, 0.05) is 0 Å².